The van der Waals surface area contributed by atoms with E-state index in [1.807, 2.05) is 86.0 Å². The summed E-state index contributed by atoms with van der Waals surface area (Å²) in [4.78, 5) is 13.0. The number of nitrogens with zero attached hydrogens (tertiary/aromatic N) is 3. The van der Waals surface area contributed by atoms with Crippen LogP contribution in [-0.4, -0.2) is 25.9 Å². The second-order valence-corrected chi connectivity index (χ2v) is 9.17. The average molecular weight is 443 g/mol. The van der Waals surface area contributed by atoms with Gasteiger partial charge in [0.15, 0.2) is 11.0 Å². The fourth-order valence-corrected chi connectivity index (χ4v) is 4.61. The van der Waals surface area contributed by atoms with E-state index < -0.39 is 0 Å². The highest BCUT2D eigenvalue weighted by Gasteiger charge is 2.22. The molecule has 4 rings (SSSR count). The van der Waals surface area contributed by atoms with Crippen molar-refractivity contribution in [3.8, 4) is 17.1 Å². The summed E-state index contributed by atoms with van der Waals surface area (Å²) in [7, 11) is 0. The molecule has 0 fully saturated rings. The molecule has 32 heavy (non-hydrogen) atoms. The Balaban J connectivity index is 1.63. The molecule has 0 unspecified atom stereocenters. The maximum atomic E-state index is 13.0. The summed E-state index contributed by atoms with van der Waals surface area (Å²) in [5.41, 5.74) is 6.11. The van der Waals surface area contributed by atoms with Gasteiger partial charge in [0.05, 0.1) is 5.25 Å². The largest absolute Gasteiger partial charge is 0.325 e. The summed E-state index contributed by atoms with van der Waals surface area (Å²) >= 11 is 1.40. The number of aryl methyl sites for hydroxylation is 3. The van der Waals surface area contributed by atoms with Crippen LogP contribution in [0.4, 0.5) is 5.69 Å². The van der Waals surface area contributed by atoms with Crippen molar-refractivity contribution in [1.82, 2.24) is 14.8 Å². The van der Waals surface area contributed by atoms with Gasteiger partial charge in [0.2, 0.25) is 5.91 Å². The SMILES string of the molecule is Cc1cc(C)c(NC(=O)[C@H](C)Sc2nnc(-c3ccccc3)n2-c2ccccc2)c(C)c1. The first kappa shape index (κ1) is 21.8. The van der Waals surface area contributed by atoms with Crippen LogP contribution < -0.4 is 5.32 Å². The minimum absolute atomic E-state index is 0.0612. The molecule has 0 aliphatic rings. The predicted octanol–water partition coefficient (Wildman–Crippen LogP) is 5.98. The van der Waals surface area contributed by atoms with Gasteiger partial charge in [0.1, 0.15) is 0 Å². The Kier molecular flexibility index (Phi) is 6.42. The minimum atomic E-state index is -0.356. The first-order chi connectivity index (χ1) is 15.4. The molecule has 3 aromatic carbocycles. The number of hydrogen-bond acceptors (Lipinski definition) is 4. The number of amides is 1. The standard InChI is InChI=1S/C26H26N4OS/c1-17-15-18(2)23(19(3)16-17)27-25(31)20(4)32-26-29-28-24(21-11-7-5-8-12-21)30(26)22-13-9-6-10-14-22/h5-16,20H,1-4H3,(H,27,31)/t20-/m0/s1. The van der Waals surface area contributed by atoms with Gasteiger partial charge in [-0.25, -0.2) is 0 Å². The molecule has 1 aromatic heterocycles. The molecule has 0 aliphatic heterocycles. The molecular formula is C26H26N4OS. The second kappa shape index (κ2) is 9.40. The molecule has 0 radical (unpaired) electrons. The summed E-state index contributed by atoms with van der Waals surface area (Å²) in [6.45, 7) is 7.99. The van der Waals surface area contributed by atoms with Crippen LogP contribution in [0.2, 0.25) is 0 Å². The number of carbonyl (C=O) groups is 1. The fraction of sp³-hybridized carbons (Fsp3) is 0.192. The van der Waals surface area contributed by atoms with Gasteiger partial charge in [-0.3, -0.25) is 9.36 Å². The molecular weight excluding hydrogens is 416 g/mol. The van der Waals surface area contributed by atoms with E-state index in [2.05, 4.69) is 34.6 Å². The number of nitrogens with one attached hydrogen (secondary N) is 1. The molecule has 5 nitrogen and oxygen atoms in total. The van der Waals surface area contributed by atoms with Crippen molar-refractivity contribution in [3.63, 3.8) is 0 Å². The monoisotopic (exact) mass is 442 g/mol. The lowest BCUT2D eigenvalue weighted by atomic mass is 10.1. The molecule has 6 heteroatoms. The summed E-state index contributed by atoms with van der Waals surface area (Å²) in [5, 5.41) is 12.3. The van der Waals surface area contributed by atoms with Crippen LogP contribution in [0.25, 0.3) is 17.1 Å². The Hall–Kier alpha value is -3.38. The Labute approximate surface area is 192 Å². The quantitative estimate of drug-likeness (QED) is 0.373. The van der Waals surface area contributed by atoms with Gasteiger partial charge < -0.3 is 5.32 Å². The highest BCUT2D eigenvalue weighted by molar-refractivity contribution is 8.00. The summed E-state index contributed by atoms with van der Waals surface area (Å²) in [6.07, 6.45) is 0. The lowest BCUT2D eigenvalue weighted by Crippen LogP contribution is -2.24. The molecule has 0 aliphatic carbocycles. The topological polar surface area (TPSA) is 59.8 Å². The zero-order valence-electron chi connectivity index (χ0n) is 18.7. The molecule has 0 spiro atoms. The Morgan fingerprint density at radius 3 is 2.12 bits per heavy atom. The lowest BCUT2D eigenvalue weighted by Gasteiger charge is -2.16. The van der Waals surface area contributed by atoms with E-state index in [0.717, 1.165) is 33.9 Å². The first-order valence-electron chi connectivity index (χ1n) is 10.6. The molecule has 0 bridgehead atoms. The number of anilines is 1. The fourth-order valence-electron chi connectivity index (χ4n) is 3.74. The molecule has 1 atom stereocenters. The van der Waals surface area contributed by atoms with Crippen molar-refractivity contribution >= 4 is 23.4 Å². The third-order valence-corrected chi connectivity index (χ3v) is 6.30. The van der Waals surface area contributed by atoms with Crippen molar-refractivity contribution < 1.29 is 4.79 Å². The Morgan fingerprint density at radius 1 is 0.906 bits per heavy atom. The molecule has 1 heterocycles. The smallest absolute Gasteiger partial charge is 0.237 e. The van der Waals surface area contributed by atoms with Crippen LogP contribution in [0.3, 0.4) is 0 Å². The molecule has 1 N–H and O–H groups in total. The summed E-state index contributed by atoms with van der Waals surface area (Å²) in [5.74, 6) is 0.686. The van der Waals surface area contributed by atoms with E-state index in [-0.39, 0.29) is 11.2 Å². The van der Waals surface area contributed by atoms with Crippen molar-refractivity contribution in [2.45, 2.75) is 38.1 Å². The number of aromatic nitrogens is 3. The third-order valence-electron chi connectivity index (χ3n) is 5.26. The van der Waals surface area contributed by atoms with Gasteiger partial charge in [0.25, 0.3) is 0 Å². The normalized spacial score (nSPS) is 11.9. The predicted molar refractivity (Wildman–Crippen MR) is 131 cm³/mol. The highest BCUT2D eigenvalue weighted by Crippen LogP contribution is 2.31. The maximum absolute atomic E-state index is 13.0. The van der Waals surface area contributed by atoms with Crippen LogP contribution in [0.15, 0.2) is 78.0 Å². The van der Waals surface area contributed by atoms with E-state index in [9.17, 15) is 4.79 Å². The molecule has 0 saturated carbocycles. The Bertz CT molecular complexity index is 1210. The van der Waals surface area contributed by atoms with Gasteiger partial charge in [-0.2, -0.15) is 0 Å². The Morgan fingerprint density at radius 2 is 1.50 bits per heavy atom. The van der Waals surface area contributed by atoms with Crippen molar-refractivity contribution in [2.24, 2.45) is 0 Å². The second-order valence-electron chi connectivity index (χ2n) is 7.87. The number of para-hydroxylation sites is 1. The van der Waals surface area contributed by atoms with Gasteiger partial charge in [-0.15, -0.1) is 10.2 Å². The lowest BCUT2D eigenvalue weighted by molar-refractivity contribution is -0.115. The van der Waals surface area contributed by atoms with Gasteiger partial charge in [0, 0.05) is 16.9 Å². The number of thioether (sulfide) groups is 1. The molecule has 0 saturated heterocycles. The number of benzene rings is 3. The summed E-state index contributed by atoms with van der Waals surface area (Å²) < 4.78 is 2.01. The van der Waals surface area contributed by atoms with E-state index in [0.29, 0.717) is 5.16 Å². The van der Waals surface area contributed by atoms with E-state index >= 15 is 0 Å². The van der Waals surface area contributed by atoms with Crippen molar-refractivity contribution in [3.05, 3.63) is 89.5 Å². The van der Waals surface area contributed by atoms with Crippen molar-refractivity contribution in [1.29, 1.82) is 0 Å². The summed E-state index contributed by atoms with van der Waals surface area (Å²) in [6, 6.07) is 24.1. The van der Waals surface area contributed by atoms with Crippen LogP contribution in [0.5, 0.6) is 0 Å². The molecule has 1 amide bonds. The van der Waals surface area contributed by atoms with Gasteiger partial charge in [-0.1, -0.05) is 78.0 Å². The zero-order chi connectivity index (χ0) is 22.7. The van der Waals surface area contributed by atoms with E-state index in [1.165, 1.54) is 17.3 Å². The van der Waals surface area contributed by atoms with Crippen molar-refractivity contribution in [2.75, 3.05) is 5.32 Å². The van der Waals surface area contributed by atoms with Crippen LogP contribution >= 0.6 is 11.8 Å². The highest BCUT2D eigenvalue weighted by atomic mass is 32.2. The minimum Gasteiger partial charge on any atom is -0.325 e. The van der Waals surface area contributed by atoms with E-state index in [4.69, 9.17) is 0 Å². The molecule has 4 aromatic rings. The van der Waals surface area contributed by atoms with Crippen LogP contribution in [0.1, 0.15) is 23.6 Å². The van der Waals surface area contributed by atoms with Gasteiger partial charge >= 0.3 is 0 Å². The van der Waals surface area contributed by atoms with Crippen LogP contribution in [-0.2, 0) is 4.79 Å². The first-order valence-corrected chi connectivity index (χ1v) is 11.4. The molecule has 162 valence electrons. The number of rotatable bonds is 6. The van der Waals surface area contributed by atoms with E-state index in [1.54, 1.807) is 0 Å². The number of carbonyl (C=O) groups excluding carboxylic acids is 1. The average Bonchev–Trinajstić information content (AvgIpc) is 3.20. The maximum Gasteiger partial charge on any atom is 0.237 e. The zero-order valence-corrected chi connectivity index (χ0v) is 19.5. The number of hydrogen-bond donors (Lipinski definition) is 1. The van der Waals surface area contributed by atoms with Gasteiger partial charge in [-0.05, 0) is 51.0 Å². The third kappa shape index (κ3) is 4.60. The van der Waals surface area contributed by atoms with Crippen LogP contribution in [0, 0.1) is 20.8 Å².